The molecular formula is C46H66N2O8. The number of aromatic amines is 1. The Kier molecular flexibility index (Phi) is 12.4. The number of aliphatic hydroxyl groups is 2. The summed E-state index contributed by atoms with van der Waals surface area (Å²) in [6, 6.07) is 7.77. The number of nitrogens with zero attached hydrogens (tertiary/aromatic N) is 1. The number of hydrogen-bond acceptors (Lipinski definition) is 8. The topological polar surface area (TPSA) is 124 Å². The Labute approximate surface area is 333 Å². The van der Waals surface area contributed by atoms with Crippen molar-refractivity contribution in [2.75, 3.05) is 0 Å². The lowest BCUT2D eigenvalue weighted by molar-refractivity contribution is -0.273. The van der Waals surface area contributed by atoms with Crippen molar-refractivity contribution < 1.29 is 33.9 Å². The summed E-state index contributed by atoms with van der Waals surface area (Å²) in [6.07, 6.45) is 15.7. The first-order valence-corrected chi connectivity index (χ1v) is 21.2. The van der Waals surface area contributed by atoms with Crippen LogP contribution in [0.15, 0.2) is 77.2 Å². The Bertz CT molecular complexity index is 1840. The maximum Gasteiger partial charge on any atom is 0.326 e. The van der Waals surface area contributed by atoms with E-state index in [4.69, 9.17) is 23.7 Å². The monoisotopic (exact) mass is 774 g/mol. The van der Waals surface area contributed by atoms with Crippen molar-refractivity contribution in [3.8, 4) is 0 Å². The highest BCUT2D eigenvalue weighted by molar-refractivity contribution is 5.74. The van der Waals surface area contributed by atoms with Gasteiger partial charge in [0.15, 0.2) is 0 Å². The van der Waals surface area contributed by atoms with Crippen LogP contribution in [0.1, 0.15) is 112 Å². The van der Waals surface area contributed by atoms with E-state index in [1.165, 1.54) is 5.57 Å². The van der Waals surface area contributed by atoms with Crippen molar-refractivity contribution in [2.24, 2.45) is 5.92 Å². The summed E-state index contributed by atoms with van der Waals surface area (Å²) in [4.78, 5) is 15.5. The summed E-state index contributed by atoms with van der Waals surface area (Å²) in [5, 5.41) is 23.3. The molecule has 13 atom stereocenters. The van der Waals surface area contributed by atoms with E-state index in [-0.39, 0.29) is 54.3 Å². The summed E-state index contributed by atoms with van der Waals surface area (Å²) in [5.41, 5.74) is 1.82. The Hall–Kier alpha value is -2.83. The van der Waals surface area contributed by atoms with E-state index in [1.54, 1.807) is 10.6 Å². The SMILES string of the molecule is C=CC=CCCC1OC2CCC3(C)OC4C(O)CC5(C)OC(CCC=C(C)C(C)=CCn6c(=O)[nH]c7ccccc76)C(C)CC5OC4CC3OC2CCC1(C)O. The first kappa shape index (κ1) is 41.3. The molecule has 13 unspecified atom stereocenters. The number of rotatable bonds is 10. The summed E-state index contributed by atoms with van der Waals surface area (Å²) in [6.45, 7) is 16.9. The first-order valence-electron chi connectivity index (χ1n) is 21.2. The van der Waals surface area contributed by atoms with Crippen molar-refractivity contribution in [3.63, 3.8) is 0 Å². The molecule has 56 heavy (non-hydrogen) atoms. The Morgan fingerprint density at radius 1 is 0.929 bits per heavy atom. The molecule has 6 heterocycles. The molecule has 0 amide bonds. The van der Waals surface area contributed by atoms with Gasteiger partial charge in [0.1, 0.15) is 6.10 Å². The lowest BCUT2D eigenvalue weighted by Crippen LogP contribution is -2.59. The largest absolute Gasteiger partial charge is 0.390 e. The molecule has 1 aromatic carbocycles. The van der Waals surface area contributed by atoms with Gasteiger partial charge in [-0.1, -0.05) is 67.2 Å². The molecule has 0 spiro atoms. The number of nitrogens with one attached hydrogen (secondary N) is 1. The summed E-state index contributed by atoms with van der Waals surface area (Å²) in [5.74, 6) is 0.279. The van der Waals surface area contributed by atoms with Crippen LogP contribution in [-0.2, 0) is 30.2 Å². The number of ether oxygens (including phenoxy) is 5. The Balaban J connectivity index is 0.974. The Morgan fingerprint density at radius 2 is 1.64 bits per heavy atom. The lowest BCUT2D eigenvalue weighted by Gasteiger charge is -2.49. The van der Waals surface area contributed by atoms with Crippen molar-refractivity contribution in [3.05, 3.63) is 82.9 Å². The van der Waals surface area contributed by atoms with Gasteiger partial charge in [0, 0.05) is 19.4 Å². The summed E-state index contributed by atoms with van der Waals surface area (Å²) < 4.78 is 36.3. The van der Waals surface area contributed by atoms with E-state index < -0.39 is 29.0 Å². The maximum atomic E-state index is 12.5. The fraction of sp³-hybridized carbons (Fsp3) is 0.674. The molecule has 0 bridgehead atoms. The van der Waals surface area contributed by atoms with Crippen LogP contribution in [-0.4, -0.2) is 91.5 Å². The second kappa shape index (κ2) is 16.8. The van der Waals surface area contributed by atoms with Crippen molar-refractivity contribution in [2.45, 2.75) is 190 Å². The van der Waals surface area contributed by atoms with Crippen molar-refractivity contribution >= 4 is 11.0 Å². The molecule has 10 heteroatoms. The highest BCUT2D eigenvalue weighted by atomic mass is 16.6. The minimum Gasteiger partial charge on any atom is -0.390 e. The van der Waals surface area contributed by atoms with Gasteiger partial charge in [0.05, 0.1) is 76.7 Å². The van der Waals surface area contributed by atoms with Crippen molar-refractivity contribution in [1.82, 2.24) is 9.55 Å². The third kappa shape index (κ3) is 8.63. The van der Waals surface area contributed by atoms with E-state index >= 15 is 0 Å². The van der Waals surface area contributed by atoms with Crippen LogP contribution in [0.2, 0.25) is 0 Å². The third-order valence-corrected chi connectivity index (χ3v) is 13.9. The van der Waals surface area contributed by atoms with Gasteiger partial charge < -0.3 is 38.9 Å². The number of allylic oxidation sites excluding steroid dienone is 7. The number of para-hydroxylation sites is 2. The fourth-order valence-electron chi connectivity index (χ4n) is 10.1. The van der Waals surface area contributed by atoms with Gasteiger partial charge in [-0.05, 0) is 110 Å². The van der Waals surface area contributed by atoms with Gasteiger partial charge in [-0.25, -0.2) is 4.79 Å². The quantitative estimate of drug-likeness (QED) is 0.211. The molecule has 3 N–H and O–H groups in total. The maximum absolute atomic E-state index is 12.5. The molecule has 0 aliphatic carbocycles. The number of aliphatic hydroxyl groups excluding tert-OH is 1. The lowest BCUT2D eigenvalue weighted by atomic mass is 9.79. The minimum absolute atomic E-state index is 0.0318. The van der Waals surface area contributed by atoms with Crippen LogP contribution in [0.25, 0.3) is 11.0 Å². The minimum atomic E-state index is -0.934. The van der Waals surface area contributed by atoms with Gasteiger partial charge >= 0.3 is 5.69 Å². The molecule has 10 nitrogen and oxygen atoms in total. The highest BCUT2D eigenvalue weighted by Crippen LogP contribution is 2.49. The molecule has 308 valence electrons. The number of aromatic nitrogens is 2. The van der Waals surface area contributed by atoms with E-state index in [0.717, 1.165) is 61.6 Å². The third-order valence-electron chi connectivity index (χ3n) is 13.9. The molecule has 0 radical (unpaired) electrons. The summed E-state index contributed by atoms with van der Waals surface area (Å²) >= 11 is 0. The average Bonchev–Trinajstić information content (AvgIpc) is 3.26. The van der Waals surface area contributed by atoms with Crippen LogP contribution in [0, 0.1) is 5.92 Å². The number of fused-ring (bicyclic) bond motifs is 5. The molecule has 1 aromatic heterocycles. The highest BCUT2D eigenvalue weighted by Gasteiger charge is 2.58. The normalized spacial score (nSPS) is 40.9. The smallest absolute Gasteiger partial charge is 0.326 e. The van der Waals surface area contributed by atoms with Crippen LogP contribution in [0.3, 0.4) is 0 Å². The van der Waals surface area contributed by atoms with Crippen LogP contribution in [0.5, 0.6) is 0 Å². The van der Waals surface area contributed by atoms with Crippen LogP contribution in [0.4, 0.5) is 0 Å². The average molecular weight is 775 g/mol. The number of H-pyrrole nitrogens is 1. The van der Waals surface area contributed by atoms with E-state index in [1.807, 2.05) is 37.3 Å². The van der Waals surface area contributed by atoms with Gasteiger partial charge in [0.2, 0.25) is 0 Å². The second-order valence-electron chi connectivity index (χ2n) is 18.2. The van der Waals surface area contributed by atoms with Gasteiger partial charge in [-0.3, -0.25) is 4.57 Å². The first-order chi connectivity index (χ1) is 26.7. The number of hydrogen-bond donors (Lipinski definition) is 3. The van der Waals surface area contributed by atoms with E-state index in [0.29, 0.717) is 32.2 Å². The van der Waals surface area contributed by atoms with Gasteiger partial charge in [0.25, 0.3) is 0 Å². The standard InChI is InChI=1S/C46H66N2O8/c1-8-9-10-11-19-39-44(5,51)23-20-36-37(52-39)21-24-45(6)41(53-36)27-38-42(56-45)34(49)28-46(7)40(54-38)26-31(4)35(55-46)18-14-15-29(2)30(3)22-25-48-33-17-13-12-16-32(33)47-43(48)50/h8-10,12-13,15-17,22,31,34-42,49,51H,1,11,14,18-21,23-28H2,2-7H3,(H,47,50). The fourth-order valence-corrected chi connectivity index (χ4v) is 10.1. The molecule has 0 saturated carbocycles. The Morgan fingerprint density at radius 3 is 2.45 bits per heavy atom. The molecule has 2 aromatic rings. The van der Waals surface area contributed by atoms with E-state index in [2.05, 4.69) is 64.4 Å². The van der Waals surface area contributed by atoms with Crippen molar-refractivity contribution in [1.29, 1.82) is 0 Å². The zero-order valence-corrected chi connectivity index (χ0v) is 34.5. The number of imidazole rings is 1. The zero-order chi connectivity index (χ0) is 39.8. The van der Waals surface area contributed by atoms with Gasteiger partial charge in [-0.2, -0.15) is 0 Å². The second-order valence-corrected chi connectivity index (χ2v) is 18.2. The van der Waals surface area contributed by atoms with Crippen LogP contribution >= 0.6 is 0 Å². The number of benzene rings is 1. The molecular weight excluding hydrogens is 709 g/mol. The predicted molar refractivity (Wildman–Crippen MR) is 219 cm³/mol. The molecule has 5 aliphatic rings. The molecule has 5 fully saturated rings. The van der Waals surface area contributed by atoms with Crippen LogP contribution < -0.4 is 5.69 Å². The zero-order valence-electron chi connectivity index (χ0n) is 34.5. The van der Waals surface area contributed by atoms with E-state index in [9.17, 15) is 15.0 Å². The molecule has 5 saturated heterocycles. The molecule has 5 aliphatic heterocycles. The van der Waals surface area contributed by atoms with Gasteiger partial charge in [-0.15, -0.1) is 0 Å². The molecule has 7 rings (SSSR count). The predicted octanol–water partition coefficient (Wildman–Crippen LogP) is 7.62. The summed E-state index contributed by atoms with van der Waals surface area (Å²) in [7, 11) is 0.